The number of halogens is 2. The van der Waals surface area contributed by atoms with Gasteiger partial charge in [0.25, 0.3) is 0 Å². The number of nitrogens with zero attached hydrogens (tertiary/aromatic N) is 4. The third kappa shape index (κ3) is 14.4. The van der Waals surface area contributed by atoms with Crippen molar-refractivity contribution in [3.8, 4) is 0 Å². The fourth-order valence-corrected chi connectivity index (χ4v) is 16.0. The third-order valence-corrected chi connectivity index (χ3v) is 21.6. The van der Waals surface area contributed by atoms with Crippen LogP contribution in [0.1, 0.15) is 201 Å². The SMILES string of the molecule is CCN1C(=CC=C2CCCC(C=CC3=[N+](CCCCCC(=O)NCCCCCNC(=O)CCCCC[N+]4=C(C=CC5=C(Cl)C(=CC=C6N(CC)c7ccccc7C6(C)C)CCC5)C(C)(C)c5ccccc54)c4ccccc4C3(C)C)=C2Cl)C(C)(C)c2ccccc21. The Bertz CT molecular complexity index is 3460. The van der Waals surface area contributed by atoms with Gasteiger partial charge in [0.1, 0.15) is 13.1 Å². The minimum Gasteiger partial charge on any atom is -0.356 e. The molecule has 0 unspecified atom stereocenters. The zero-order valence-corrected chi connectivity index (χ0v) is 58.0. The molecule has 0 bridgehead atoms. The van der Waals surface area contributed by atoms with E-state index in [2.05, 4.69) is 244 Å². The predicted octanol–water partition coefficient (Wildman–Crippen LogP) is 19.4. The molecular weight excluding hydrogens is 1160 g/mol. The van der Waals surface area contributed by atoms with Crippen molar-refractivity contribution in [3.05, 3.63) is 212 Å². The van der Waals surface area contributed by atoms with Crippen LogP contribution in [0.4, 0.5) is 22.7 Å². The van der Waals surface area contributed by atoms with E-state index in [1.165, 1.54) is 90.1 Å². The number of anilines is 2. The van der Waals surface area contributed by atoms with Crippen LogP contribution in [0, 0.1) is 0 Å². The summed E-state index contributed by atoms with van der Waals surface area (Å²) in [5.74, 6) is 0.247. The lowest BCUT2D eigenvalue weighted by Crippen LogP contribution is -2.28. The average Bonchev–Trinajstić information content (AvgIpc) is 1.65. The largest absolute Gasteiger partial charge is 0.356 e. The summed E-state index contributed by atoms with van der Waals surface area (Å²) in [7, 11) is 0. The van der Waals surface area contributed by atoms with Crippen molar-refractivity contribution < 1.29 is 18.7 Å². The number of para-hydroxylation sites is 4. The van der Waals surface area contributed by atoms with Crippen LogP contribution in [0.25, 0.3) is 0 Å². The fourth-order valence-electron chi connectivity index (χ4n) is 15.4. The first-order chi connectivity index (χ1) is 43.8. The van der Waals surface area contributed by atoms with E-state index in [9.17, 15) is 9.59 Å². The second-order valence-electron chi connectivity index (χ2n) is 28.1. The minimum atomic E-state index is -0.160. The smallest absolute Gasteiger partial charge is 0.219 e. The molecule has 0 saturated carbocycles. The van der Waals surface area contributed by atoms with Crippen molar-refractivity contribution >= 4 is 69.2 Å². The molecule has 6 aliphatic rings. The fraction of sp³-hybridized carbons (Fsp3) is 0.457. The predicted molar refractivity (Wildman–Crippen MR) is 384 cm³/mol. The van der Waals surface area contributed by atoms with Crippen LogP contribution < -0.4 is 20.4 Å². The van der Waals surface area contributed by atoms with Gasteiger partial charge >= 0.3 is 0 Å². The highest BCUT2D eigenvalue weighted by Crippen LogP contribution is 2.50. The summed E-state index contributed by atoms with van der Waals surface area (Å²) < 4.78 is 5.01. The lowest BCUT2D eigenvalue weighted by molar-refractivity contribution is -0.438. The molecule has 4 heterocycles. The van der Waals surface area contributed by atoms with E-state index in [4.69, 9.17) is 23.2 Å². The number of unbranched alkanes of at least 4 members (excludes halogenated alkanes) is 6. The number of fused-ring (bicyclic) bond motifs is 4. The summed E-state index contributed by atoms with van der Waals surface area (Å²) in [4.78, 5) is 30.8. The normalized spacial score (nSPS) is 20.6. The zero-order chi connectivity index (χ0) is 64.5. The topological polar surface area (TPSA) is 70.7 Å². The molecule has 480 valence electrons. The van der Waals surface area contributed by atoms with Crippen LogP contribution in [0.5, 0.6) is 0 Å². The first-order valence-corrected chi connectivity index (χ1v) is 35.3. The van der Waals surface area contributed by atoms with Gasteiger partial charge in [-0.3, -0.25) is 9.59 Å². The Kier molecular flexibility index (Phi) is 21.8. The lowest BCUT2D eigenvalue weighted by Gasteiger charge is -2.26. The molecule has 0 saturated heterocycles. The molecule has 0 radical (unpaired) electrons. The van der Waals surface area contributed by atoms with Crippen LogP contribution in [-0.2, 0) is 31.2 Å². The maximum absolute atomic E-state index is 12.9. The summed E-state index contributed by atoms with van der Waals surface area (Å²) in [6.45, 7) is 28.1. The highest BCUT2D eigenvalue weighted by atomic mass is 35.5. The van der Waals surface area contributed by atoms with Crippen LogP contribution in [0.3, 0.4) is 0 Å². The number of likely N-dealkylation sites (N-methyl/N-ethyl adjacent to an activating group) is 2. The van der Waals surface area contributed by atoms with Crippen molar-refractivity contribution in [1.29, 1.82) is 0 Å². The maximum atomic E-state index is 12.9. The number of rotatable bonds is 26. The Balaban J connectivity index is 0.636. The average molecular weight is 1260 g/mol. The lowest BCUT2D eigenvalue weighted by atomic mass is 9.81. The van der Waals surface area contributed by atoms with E-state index in [1.54, 1.807) is 0 Å². The van der Waals surface area contributed by atoms with Gasteiger partial charge < -0.3 is 20.4 Å². The van der Waals surface area contributed by atoms with Crippen LogP contribution in [0.15, 0.2) is 189 Å². The van der Waals surface area contributed by atoms with Crippen molar-refractivity contribution in [2.45, 2.75) is 200 Å². The number of carbonyl (C=O) groups excluding carboxylic acids is 2. The Morgan fingerprint density at radius 1 is 0.451 bits per heavy atom. The molecule has 4 aromatic carbocycles. The zero-order valence-electron chi connectivity index (χ0n) is 56.5. The number of hydrogen-bond donors (Lipinski definition) is 2. The number of carbonyl (C=O) groups is 2. The highest BCUT2D eigenvalue weighted by molar-refractivity contribution is 6.33. The second-order valence-corrected chi connectivity index (χ2v) is 28.8. The van der Waals surface area contributed by atoms with E-state index in [0.29, 0.717) is 25.9 Å². The number of nitrogens with one attached hydrogen (secondary N) is 2. The minimum absolute atomic E-state index is 0.0825. The molecule has 0 atom stereocenters. The van der Waals surface area contributed by atoms with Crippen molar-refractivity contribution in [3.63, 3.8) is 0 Å². The van der Waals surface area contributed by atoms with E-state index in [1.807, 2.05) is 0 Å². The summed E-state index contributed by atoms with van der Waals surface area (Å²) >= 11 is 14.6. The standard InChI is InChI=1S/C81H100Cl2N6O2/c1-11-86-66-40-22-18-36-62(66)78(3,4)70(86)50-46-58-32-30-34-60(76(58)82)48-52-72-80(7,8)64-38-20-24-42-68(64)88(72)56-28-13-16-44-74(90)84-54-26-15-27-55-85-75(91)45-17-14-29-57-89-69-43-25-21-39-65(69)81(9,10)73(89)53-49-61-35-31-33-59(77(61)83)47-51-71-79(5,6)63-37-19-23-41-67(63)87(71)12-2/h18-25,36-43,46-53H,11-17,26-35,44-45,54-57H2,1-10H3/p+2. The number of benzene rings is 4. The van der Waals surface area contributed by atoms with Gasteiger partial charge in [-0.1, -0.05) is 148 Å². The van der Waals surface area contributed by atoms with Crippen LogP contribution in [0.2, 0.25) is 0 Å². The van der Waals surface area contributed by atoms with Gasteiger partial charge in [0, 0.05) is 131 Å². The summed E-state index contributed by atoms with van der Waals surface area (Å²) in [6.07, 6.45) is 33.9. The van der Waals surface area contributed by atoms with Gasteiger partial charge in [-0.25, -0.2) is 0 Å². The molecule has 91 heavy (non-hydrogen) atoms. The number of allylic oxidation sites excluding steroid dienone is 16. The molecule has 4 aliphatic heterocycles. The Hall–Kier alpha value is -6.74. The van der Waals surface area contributed by atoms with Crippen molar-refractivity contribution in [2.75, 3.05) is 49.1 Å². The first-order valence-electron chi connectivity index (χ1n) is 34.5. The number of hydrogen-bond acceptors (Lipinski definition) is 4. The van der Waals surface area contributed by atoms with Gasteiger partial charge in [-0.05, 0) is 183 Å². The van der Waals surface area contributed by atoms with Gasteiger partial charge in [-0.15, -0.1) is 0 Å². The van der Waals surface area contributed by atoms with E-state index < -0.39 is 0 Å². The van der Waals surface area contributed by atoms with E-state index >= 15 is 0 Å². The Labute approximate surface area is 556 Å². The van der Waals surface area contributed by atoms with Crippen molar-refractivity contribution in [2.24, 2.45) is 0 Å². The third-order valence-electron chi connectivity index (χ3n) is 20.6. The van der Waals surface area contributed by atoms with Gasteiger partial charge in [0.15, 0.2) is 11.4 Å². The van der Waals surface area contributed by atoms with Crippen LogP contribution in [-0.4, -0.2) is 71.7 Å². The molecule has 4 aromatic rings. The molecule has 10 rings (SSSR count). The van der Waals surface area contributed by atoms with Gasteiger partial charge in [0.05, 0.1) is 10.8 Å². The molecule has 0 aromatic heterocycles. The van der Waals surface area contributed by atoms with Gasteiger partial charge in [-0.2, -0.15) is 9.15 Å². The molecule has 0 spiro atoms. The van der Waals surface area contributed by atoms with E-state index in [0.717, 1.165) is 133 Å². The highest BCUT2D eigenvalue weighted by Gasteiger charge is 2.46. The molecule has 8 nitrogen and oxygen atoms in total. The summed E-state index contributed by atoms with van der Waals surface area (Å²) in [5.41, 5.74) is 20.1. The monoisotopic (exact) mass is 1260 g/mol. The quantitative estimate of drug-likeness (QED) is 0.0485. The van der Waals surface area contributed by atoms with Crippen LogP contribution >= 0.6 is 23.2 Å². The summed E-state index contributed by atoms with van der Waals surface area (Å²) in [6, 6.07) is 35.2. The Morgan fingerprint density at radius 3 is 1.23 bits per heavy atom. The Morgan fingerprint density at radius 2 is 0.824 bits per heavy atom. The molecule has 2 amide bonds. The van der Waals surface area contributed by atoms with E-state index in [-0.39, 0.29) is 33.5 Å². The molecule has 2 N–H and O–H groups in total. The van der Waals surface area contributed by atoms with Crippen molar-refractivity contribution in [1.82, 2.24) is 10.6 Å². The molecular formula is C81H102Cl2N6O2+2. The van der Waals surface area contributed by atoms with Gasteiger partial charge in [0.2, 0.25) is 23.2 Å². The molecule has 0 fully saturated rings. The second kappa shape index (κ2) is 29.5. The molecule has 2 aliphatic carbocycles. The molecule has 10 heteroatoms. The number of amides is 2. The first kappa shape index (κ1) is 67.2. The summed E-state index contributed by atoms with van der Waals surface area (Å²) in [5, 5.41) is 8.08. The maximum Gasteiger partial charge on any atom is 0.219 e.